The van der Waals surface area contributed by atoms with Crippen LogP contribution in [0.3, 0.4) is 0 Å². The highest BCUT2D eigenvalue weighted by atomic mass is 35.5. The lowest BCUT2D eigenvalue weighted by Crippen LogP contribution is -2.56. The number of carbonyl (C=O) groups excluding carboxylic acids is 3. The maximum atomic E-state index is 14.1. The van der Waals surface area contributed by atoms with Crippen LogP contribution >= 0.6 is 11.6 Å². The number of ether oxygens (including phenoxy) is 1. The molecule has 0 unspecified atom stereocenters. The lowest BCUT2D eigenvalue weighted by molar-refractivity contribution is -0.142. The number of anilines is 1. The third kappa shape index (κ3) is 4.53. The van der Waals surface area contributed by atoms with E-state index in [2.05, 4.69) is 10.6 Å². The number of fused-ring (bicyclic) bond motifs is 1. The SMILES string of the molecule is Cc1ccc(NC(=O)[C@@H]2[C@H]3C=C[C@]4(O3)[C@H](C(=O)NC3CCCCC3)N(Cc3ccc(F)cc3)C(=O)[C@@H]24)cc1Cl. The fourth-order valence-corrected chi connectivity index (χ4v) is 6.83. The average Bonchev–Trinajstić information content (AvgIpc) is 3.56. The Labute approximate surface area is 231 Å². The Morgan fingerprint density at radius 1 is 1.10 bits per heavy atom. The summed E-state index contributed by atoms with van der Waals surface area (Å²) in [5, 5.41) is 6.59. The molecular formula is C30H31ClFN3O4. The minimum atomic E-state index is -1.26. The number of aryl methyl sites for hydroxylation is 1. The quantitative estimate of drug-likeness (QED) is 0.517. The molecule has 2 bridgehead atoms. The van der Waals surface area contributed by atoms with E-state index in [-0.39, 0.29) is 36.1 Å². The number of halogens is 2. The van der Waals surface area contributed by atoms with Crippen LogP contribution in [-0.2, 0) is 25.7 Å². The number of likely N-dealkylation sites (tertiary alicyclic amines) is 1. The van der Waals surface area contributed by atoms with Crippen molar-refractivity contribution in [2.45, 2.75) is 69.4 Å². The van der Waals surface area contributed by atoms with Gasteiger partial charge >= 0.3 is 0 Å². The number of carbonyl (C=O) groups is 3. The number of benzene rings is 2. The van der Waals surface area contributed by atoms with Crippen molar-refractivity contribution >= 4 is 35.0 Å². The first-order valence-corrected chi connectivity index (χ1v) is 13.9. The maximum absolute atomic E-state index is 14.1. The van der Waals surface area contributed by atoms with Crippen LogP contribution in [0.25, 0.3) is 0 Å². The molecule has 9 heteroatoms. The molecule has 1 spiro atoms. The molecule has 2 aromatic carbocycles. The molecule has 5 atom stereocenters. The molecule has 0 aromatic heterocycles. The fourth-order valence-electron chi connectivity index (χ4n) is 6.65. The van der Waals surface area contributed by atoms with Gasteiger partial charge in [-0.05, 0) is 55.2 Å². The van der Waals surface area contributed by atoms with E-state index in [0.717, 1.165) is 37.7 Å². The van der Waals surface area contributed by atoms with E-state index in [0.29, 0.717) is 16.3 Å². The first kappa shape index (κ1) is 26.0. The van der Waals surface area contributed by atoms with Gasteiger partial charge in [0.2, 0.25) is 17.7 Å². The van der Waals surface area contributed by atoms with Gasteiger partial charge in [0.15, 0.2) is 0 Å². The van der Waals surface area contributed by atoms with E-state index in [9.17, 15) is 18.8 Å². The molecule has 2 N–H and O–H groups in total. The largest absolute Gasteiger partial charge is 0.359 e. The van der Waals surface area contributed by atoms with Gasteiger partial charge in [-0.25, -0.2) is 4.39 Å². The second-order valence-corrected chi connectivity index (χ2v) is 11.5. The molecular weight excluding hydrogens is 521 g/mol. The monoisotopic (exact) mass is 551 g/mol. The van der Waals surface area contributed by atoms with Crippen molar-refractivity contribution in [1.29, 1.82) is 0 Å². The molecule has 4 aliphatic rings. The topological polar surface area (TPSA) is 87.7 Å². The summed E-state index contributed by atoms with van der Waals surface area (Å²) < 4.78 is 20.0. The molecule has 1 saturated carbocycles. The van der Waals surface area contributed by atoms with Gasteiger partial charge < -0.3 is 20.3 Å². The minimum Gasteiger partial charge on any atom is -0.359 e. The zero-order valence-electron chi connectivity index (χ0n) is 21.7. The average molecular weight is 552 g/mol. The molecule has 0 radical (unpaired) electrons. The van der Waals surface area contributed by atoms with Gasteiger partial charge in [0, 0.05) is 23.3 Å². The van der Waals surface area contributed by atoms with E-state index >= 15 is 0 Å². The highest BCUT2D eigenvalue weighted by Gasteiger charge is 2.72. The Morgan fingerprint density at radius 2 is 1.85 bits per heavy atom. The normalized spacial score (nSPS) is 29.5. The number of hydrogen-bond acceptors (Lipinski definition) is 4. The lowest BCUT2D eigenvalue weighted by Gasteiger charge is -2.34. The van der Waals surface area contributed by atoms with Gasteiger partial charge in [0.05, 0.1) is 17.9 Å². The van der Waals surface area contributed by atoms with Crippen molar-refractivity contribution in [2.24, 2.45) is 11.8 Å². The summed E-state index contributed by atoms with van der Waals surface area (Å²) in [5.74, 6) is -3.03. The Hall–Kier alpha value is -3.23. The van der Waals surface area contributed by atoms with Crippen molar-refractivity contribution in [3.63, 3.8) is 0 Å². The van der Waals surface area contributed by atoms with Crippen molar-refractivity contribution in [2.75, 3.05) is 5.32 Å². The number of nitrogens with zero attached hydrogens (tertiary/aromatic N) is 1. The zero-order chi connectivity index (χ0) is 27.3. The van der Waals surface area contributed by atoms with E-state index < -0.39 is 29.6 Å². The molecule has 3 aliphatic heterocycles. The van der Waals surface area contributed by atoms with Crippen molar-refractivity contribution in [3.8, 4) is 0 Å². The van der Waals surface area contributed by atoms with Crippen LogP contribution in [0.2, 0.25) is 5.02 Å². The maximum Gasteiger partial charge on any atom is 0.246 e. The molecule has 2 aromatic rings. The van der Waals surface area contributed by atoms with E-state index in [1.807, 2.05) is 13.0 Å². The minimum absolute atomic E-state index is 0.0393. The van der Waals surface area contributed by atoms with Gasteiger partial charge in [-0.3, -0.25) is 14.4 Å². The third-order valence-electron chi connectivity index (χ3n) is 8.58. The summed E-state index contributed by atoms with van der Waals surface area (Å²) in [6.45, 7) is 1.97. The van der Waals surface area contributed by atoms with Crippen molar-refractivity contribution < 1.29 is 23.5 Å². The Kier molecular flexibility index (Phi) is 6.71. The number of amides is 3. The summed E-state index contributed by atoms with van der Waals surface area (Å²) in [5.41, 5.74) is 0.837. The van der Waals surface area contributed by atoms with Gasteiger partial charge in [-0.1, -0.05) is 61.2 Å². The molecule has 7 nitrogen and oxygen atoms in total. The van der Waals surface area contributed by atoms with Crippen LogP contribution in [-0.4, -0.2) is 46.4 Å². The molecule has 204 valence electrons. The third-order valence-corrected chi connectivity index (χ3v) is 8.99. The molecule has 3 fully saturated rings. The van der Waals surface area contributed by atoms with Crippen LogP contribution in [0.5, 0.6) is 0 Å². The summed E-state index contributed by atoms with van der Waals surface area (Å²) in [7, 11) is 0. The zero-order valence-corrected chi connectivity index (χ0v) is 22.4. The van der Waals surface area contributed by atoms with Crippen molar-refractivity contribution in [3.05, 3.63) is 76.6 Å². The first-order chi connectivity index (χ1) is 18.8. The molecule has 6 rings (SSSR count). The number of nitrogens with one attached hydrogen (secondary N) is 2. The molecule has 39 heavy (non-hydrogen) atoms. The molecule has 3 heterocycles. The molecule has 1 aliphatic carbocycles. The highest BCUT2D eigenvalue weighted by molar-refractivity contribution is 6.31. The fraction of sp³-hybridized carbons (Fsp3) is 0.433. The molecule has 2 saturated heterocycles. The Balaban J connectivity index is 1.32. The Bertz CT molecular complexity index is 1340. The number of rotatable bonds is 6. The van der Waals surface area contributed by atoms with Crippen LogP contribution < -0.4 is 10.6 Å². The second-order valence-electron chi connectivity index (χ2n) is 11.1. The number of hydrogen-bond donors (Lipinski definition) is 2. The first-order valence-electron chi connectivity index (χ1n) is 13.6. The summed E-state index contributed by atoms with van der Waals surface area (Å²) in [6.07, 6.45) is 7.98. The van der Waals surface area contributed by atoms with Crippen LogP contribution in [0.1, 0.15) is 43.2 Å². The van der Waals surface area contributed by atoms with Gasteiger partial charge in [0.25, 0.3) is 0 Å². The van der Waals surface area contributed by atoms with E-state index in [4.69, 9.17) is 16.3 Å². The van der Waals surface area contributed by atoms with Gasteiger partial charge in [-0.2, -0.15) is 0 Å². The highest BCUT2D eigenvalue weighted by Crippen LogP contribution is 2.55. The van der Waals surface area contributed by atoms with Crippen LogP contribution in [0.4, 0.5) is 10.1 Å². The lowest BCUT2D eigenvalue weighted by atomic mass is 9.74. The van der Waals surface area contributed by atoms with Crippen LogP contribution in [0, 0.1) is 24.6 Å². The summed E-state index contributed by atoms with van der Waals surface area (Å²) in [6, 6.07) is 10.2. The van der Waals surface area contributed by atoms with E-state index in [1.165, 1.54) is 17.0 Å². The van der Waals surface area contributed by atoms with E-state index in [1.54, 1.807) is 36.4 Å². The predicted molar refractivity (Wildman–Crippen MR) is 144 cm³/mol. The standard InChI is InChI=1S/C30H31ClFN3O4/c1-17-7-12-21(15-22(17)31)34-27(36)24-23-13-14-30(39-23)25(24)29(38)35(16-18-8-10-19(32)11-9-18)26(30)28(37)33-20-5-3-2-4-6-20/h7-15,20,23-26H,2-6,16H2,1H3,(H,33,37)(H,34,36)/t23-,24-,25-,26+,30-/m1/s1. The van der Waals surface area contributed by atoms with Gasteiger partial charge in [-0.15, -0.1) is 0 Å². The second kappa shape index (κ2) is 10.1. The molecule has 3 amide bonds. The predicted octanol–water partition coefficient (Wildman–Crippen LogP) is 4.53. The Morgan fingerprint density at radius 3 is 2.56 bits per heavy atom. The summed E-state index contributed by atoms with van der Waals surface area (Å²) >= 11 is 6.26. The summed E-state index contributed by atoms with van der Waals surface area (Å²) in [4.78, 5) is 43.1. The van der Waals surface area contributed by atoms with Gasteiger partial charge in [0.1, 0.15) is 17.5 Å². The van der Waals surface area contributed by atoms with Crippen LogP contribution in [0.15, 0.2) is 54.6 Å². The smallest absolute Gasteiger partial charge is 0.246 e. The van der Waals surface area contributed by atoms with Crippen molar-refractivity contribution in [1.82, 2.24) is 10.2 Å².